The smallest absolute Gasteiger partial charge is 0.347 e. The van der Waals surface area contributed by atoms with Crippen LogP contribution in [0.4, 0.5) is 0 Å². The number of esters is 2. The highest BCUT2D eigenvalue weighted by Gasteiger charge is 2.26. The molecule has 0 heterocycles. The zero-order valence-corrected chi connectivity index (χ0v) is 13.2. The standard InChI is InChI=1S/C14H10O7S2/c15-13(9-5-1-3-7-11(9)22(17)18)21-14(16)10-6-2-4-8-12(10)23(19)20/h1-6H,7-8H2. The number of ether oxygens (including phenoxy) is 1. The van der Waals surface area contributed by atoms with Crippen LogP contribution < -0.4 is 0 Å². The zero-order valence-electron chi connectivity index (χ0n) is 11.6. The minimum atomic E-state index is -2.63. The molecule has 0 aromatic carbocycles. The van der Waals surface area contributed by atoms with Crippen LogP contribution >= 0.6 is 0 Å². The van der Waals surface area contributed by atoms with Gasteiger partial charge in [0, 0.05) is 12.8 Å². The normalized spacial score (nSPS) is 16.5. The van der Waals surface area contributed by atoms with Crippen LogP contribution in [0.25, 0.3) is 0 Å². The van der Waals surface area contributed by atoms with Crippen molar-refractivity contribution in [2.75, 3.05) is 0 Å². The third-order valence-corrected chi connectivity index (χ3v) is 4.61. The van der Waals surface area contributed by atoms with E-state index in [-0.39, 0.29) is 33.7 Å². The molecule has 0 spiro atoms. The Morgan fingerprint density at radius 1 is 0.783 bits per heavy atom. The van der Waals surface area contributed by atoms with Gasteiger partial charge in [-0.3, -0.25) is 0 Å². The number of hydrogen-bond donors (Lipinski definition) is 0. The average molecular weight is 354 g/mol. The first-order chi connectivity index (χ1) is 10.9. The van der Waals surface area contributed by atoms with Crippen LogP contribution in [0.1, 0.15) is 12.8 Å². The van der Waals surface area contributed by atoms with Crippen LogP contribution in [0.5, 0.6) is 0 Å². The van der Waals surface area contributed by atoms with Crippen molar-refractivity contribution < 1.29 is 31.2 Å². The minimum Gasteiger partial charge on any atom is -0.386 e. The van der Waals surface area contributed by atoms with E-state index in [4.69, 9.17) is 0 Å². The average Bonchev–Trinajstić information content (AvgIpc) is 2.54. The zero-order chi connectivity index (χ0) is 17.0. The first-order valence-electron chi connectivity index (χ1n) is 6.33. The Morgan fingerprint density at radius 3 is 1.52 bits per heavy atom. The quantitative estimate of drug-likeness (QED) is 0.388. The third-order valence-electron chi connectivity index (χ3n) is 3.03. The number of rotatable bonds is 2. The molecule has 0 aromatic rings. The Hall–Kier alpha value is -2.52. The number of carbonyl (C=O) groups excluding carboxylic acids is 2. The first kappa shape index (κ1) is 16.8. The van der Waals surface area contributed by atoms with E-state index in [2.05, 4.69) is 4.74 Å². The maximum absolute atomic E-state index is 12.0. The highest BCUT2D eigenvalue weighted by Crippen LogP contribution is 2.15. The van der Waals surface area contributed by atoms with Gasteiger partial charge in [0.05, 0.1) is 20.9 Å². The van der Waals surface area contributed by atoms with Gasteiger partial charge in [-0.1, -0.05) is 24.3 Å². The van der Waals surface area contributed by atoms with Gasteiger partial charge >= 0.3 is 11.9 Å². The van der Waals surface area contributed by atoms with Gasteiger partial charge in [-0.05, 0) is 12.2 Å². The van der Waals surface area contributed by atoms with E-state index in [1.165, 1.54) is 36.5 Å². The molecule has 7 nitrogen and oxygen atoms in total. The lowest BCUT2D eigenvalue weighted by molar-refractivity contribution is -0.153. The lowest BCUT2D eigenvalue weighted by Gasteiger charge is -2.11. The Labute approximate surface area is 134 Å². The molecular formula is C14H10O7S2. The van der Waals surface area contributed by atoms with Crippen LogP contribution in [-0.2, 0) is 34.9 Å². The molecule has 0 aliphatic heterocycles. The molecule has 0 saturated carbocycles. The highest BCUT2D eigenvalue weighted by atomic mass is 32.2. The van der Waals surface area contributed by atoms with Crippen molar-refractivity contribution in [3.05, 3.63) is 47.6 Å². The van der Waals surface area contributed by atoms with Gasteiger partial charge in [0.2, 0.25) is 20.6 Å². The van der Waals surface area contributed by atoms with Crippen molar-refractivity contribution in [3.63, 3.8) is 0 Å². The molecule has 0 fully saturated rings. The van der Waals surface area contributed by atoms with Crippen molar-refractivity contribution in [2.45, 2.75) is 12.8 Å². The van der Waals surface area contributed by atoms with Crippen molar-refractivity contribution in [3.8, 4) is 0 Å². The summed E-state index contributed by atoms with van der Waals surface area (Å²) in [6, 6.07) is 0. The molecule has 120 valence electrons. The van der Waals surface area contributed by atoms with Crippen LogP contribution in [-0.4, -0.2) is 38.5 Å². The van der Waals surface area contributed by atoms with Gasteiger partial charge in [-0.2, -0.15) is 16.8 Å². The second kappa shape index (κ2) is 7.16. The van der Waals surface area contributed by atoms with E-state index in [9.17, 15) is 26.4 Å². The van der Waals surface area contributed by atoms with Gasteiger partial charge in [0.1, 0.15) is 0 Å². The molecule has 0 amide bonds. The van der Waals surface area contributed by atoms with Crippen molar-refractivity contribution in [1.82, 2.24) is 0 Å². The Bertz CT molecular complexity index is 872. The lowest BCUT2D eigenvalue weighted by Crippen LogP contribution is -2.24. The molecule has 0 atom stereocenters. The van der Waals surface area contributed by atoms with Crippen molar-refractivity contribution in [2.24, 2.45) is 0 Å². The Morgan fingerprint density at radius 2 is 1.17 bits per heavy atom. The minimum absolute atomic E-state index is 0.0125. The second-order valence-electron chi connectivity index (χ2n) is 4.42. The fourth-order valence-corrected chi connectivity index (χ4v) is 3.08. The summed E-state index contributed by atoms with van der Waals surface area (Å²) in [4.78, 5) is 23.6. The molecule has 23 heavy (non-hydrogen) atoms. The summed E-state index contributed by atoms with van der Waals surface area (Å²) in [6.45, 7) is 0. The van der Waals surface area contributed by atoms with Crippen LogP contribution in [0.3, 0.4) is 0 Å². The van der Waals surface area contributed by atoms with Gasteiger partial charge in [-0.25, -0.2) is 9.59 Å². The van der Waals surface area contributed by atoms with Crippen LogP contribution in [0.2, 0.25) is 0 Å². The second-order valence-corrected chi connectivity index (χ2v) is 6.34. The largest absolute Gasteiger partial charge is 0.386 e. The molecule has 0 aromatic heterocycles. The maximum Gasteiger partial charge on any atom is 0.347 e. The number of carbonyl (C=O) groups is 2. The summed E-state index contributed by atoms with van der Waals surface area (Å²) < 4.78 is 49.0. The van der Waals surface area contributed by atoms with E-state index >= 15 is 0 Å². The van der Waals surface area contributed by atoms with E-state index in [1.807, 2.05) is 0 Å². The summed E-state index contributed by atoms with van der Waals surface area (Å²) in [5, 5.41) is 0. The predicted molar refractivity (Wildman–Crippen MR) is 82.6 cm³/mol. The molecule has 0 bridgehead atoms. The lowest BCUT2D eigenvalue weighted by atomic mass is 10.0. The van der Waals surface area contributed by atoms with E-state index in [0.29, 0.717) is 0 Å². The Balaban J connectivity index is 2.29. The van der Waals surface area contributed by atoms with Gasteiger partial charge in [0.15, 0.2) is 0 Å². The highest BCUT2D eigenvalue weighted by molar-refractivity contribution is 7.73. The van der Waals surface area contributed by atoms with E-state index in [0.717, 1.165) is 0 Å². The summed E-state index contributed by atoms with van der Waals surface area (Å²) in [7, 11) is -5.26. The van der Waals surface area contributed by atoms with Gasteiger partial charge in [-0.15, -0.1) is 0 Å². The molecule has 0 unspecified atom stereocenters. The van der Waals surface area contributed by atoms with Gasteiger partial charge in [0.25, 0.3) is 0 Å². The molecule has 0 N–H and O–H groups in total. The molecule has 0 saturated heterocycles. The summed E-state index contributed by atoms with van der Waals surface area (Å²) >= 11 is 0. The Kier molecular flexibility index (Phi) is 5.24. The summed E-state index contributed by atoms with van der Waals surface area (Å²) in [6.07, 6.45) is 8.45. The molecule has 2 rings (SSSR count). The third kappa shape index (κ3) is 3.82. The van der Waals surface area contributed by atoms with Crippen LogP contribution in [0, 0.1) is 0 Å². The summed E-state index contributed by atoms with van der Waals surface area (Å²) in [5.41, 5.74) is -0.517. The summed E-state index contributed by atoms with van der Waals surface area (Å²) in [5.74, 6) is -2.30. The van der Waals surface area contributed by atoms with E-state index in [1.54, 1.807) is 0 Å². The van der Waals surface area contributed by atoms with Gasteiger partial charge < -0.3 is 4.74 Å². The van der Waals surface area contributed by atoms with E-state index < -0.39 is 32.5 Å². The topological polar surface area (TPSA) is 112 Å². The van der Waals surface area contributed by atoms with Crippen LogP contribution in [0.15, 0.2) is 47.6 Å². The van der Waals surface area contributed by atoms with Crippen molar-refractivity contribution >= 4 is 42.3 Å². The first-order valence-corrected chi connectivity index (χ1v) is 8.48. The van der Waals surface area contributed by atoms with Crippen molar-refractivity contribution in [1.29, 1.82) is 0 Å². The monoisotopic (exact) mass is 354 g/mol. The number of hydrogen-bond acceptors (Lipinski definition) is 7. The fourth-order valence-electron chi connectivity index (χ4n) is 1.96. The predicted octanol–water partition coefficient (Wildman–Crippen LogP) is -0.0682. The SMILES string of the molecule is O=C(OC(=O)C1=CC=CCC1=S(=O)=O)C1=CC=CCC1=S(=O)=O. The molecule has 9 heteroatoms. The number of allylic oxidation sites excluding steroid dienone is 6. The molecule has 2 aliphatic rings. The molecule has 0 radical (unpaired) electrons. The molecular weight excluding hydrogens is 344 g/mol. The fraction of sp³-hybridized carbons (Fsp3) is 0.143. The maximum atomic E-state index is 12.0. The molecule has 2 aliphatic carbocycles.